The lowest BCUT2D eigenvalue weighted by Crippen LogP contribution is -2.28. The normalized spacial score (nSPS) is 17.5. The van der Waals surface area contributed by atoms with Gasteiger partial charge in [0.05, 0.1) is 12.2 Å². The number of ether oxygens (including phenoxy) is 1. The molecule has 1 heteroatoms. The van der Waals surface area contributed by atoms with Crippen LogP contribution in [0.25, 0.3) is 0 Å². The van der Waals surface area contributed by atoms with Crippen molar-refractivity contribution in [1.29, 1.82) is 0 Å². The van der Waals surface area contributed by atoms with Crippen LogP contribution >= 0.6 is 0 Å². The summed E-state index contributed by atoms with van der Waals surface area (Å²) in [4.78, 5) is 0. The smallest absolute Gasteiger partial charge is 0.0581 e. The van der Waals surface area contributed by atoms with Crippen molar-refractivity contribution in [3.05, 3.63) is 0 Å². The van der Waals surface area contributed by atoms with E-state index in [1.54, 1.807) is 0 Å². The highest BCUT2D eigenvalue weighted by Crippen LogP contribution is 2.28. The van der Waals surface area contributed by atoms with E-state index in [0.717, 1.165) is 35.5 Å². The van der Waals surface area contributed by atoms with Crippen LogP contribution in [0, 0.1) is 35.5 Å². The maximum absolute atomic E-state index is 6.79. The Morgan fingerprint density at radius 2 is 0.800 bits per heavy atom. The van der Waals surface area contributed by atoms with Gasteiger partial charge in [0.15, 0.2) is 0 Å². The molecule has 0 heterocycles. The SMILES string of the molecule is CC(C)CCC(CC(C)C(C)C)OC(CCC(C)C)CC(C)C(C)C. The van der Waals surface area contributed by atoms with E-state index in [9.17, 15) is 0 Å². The van der Waals surface area contributed by atoms with Crippen molar-refractivity contribution in [3.8, 4) is 0 Å². The van der Waals surface area contributed by atoms with Gasteiger partial charge in [0.25, 0.3) is 0 Å². The molecular weight excluding hydrogens is 304 g/mol. The first-order valence-electron chi connectivity index (χ1n) is 11.2. The first kappa shape index (κ1) is 25.0. The van der Waals surface area contributed by atoms with Crippen molar-refractivity contribution < 1.29 is 4.74 Å². The van der Waals surface area contributed by atoms with Gasteiger partial charge in [-0.05, 0) is 74.0 Å². The summed E-state index contributed by atoms with van der Waals surface area (Å²) < 4.78 is 6.79. The minimum atomic E-state index is 0.441. The van der Waals surface area contributed by atoms with Crippen molar-refractivity contribution >= 4 is 0 Å². The van der Waals surface area contributed by atoms with Gasteiger partial charge < -0.3 is 4.74 Å². The summed E-state index contributed by atoms with van der Waals surface area (Å²) in [5.41, 5.74) is 0. The van der Waals surface area contributed by atoms with Crippen LogP contribution < -0.4 is 0 Å². The van der Waals surface area contributed by atoms with Gasteiger partial charge in [0.1, 0.15) is 0 Å². The zero-order valence-electron chi connectivity index (χ0n) is 19.3. The van der Waals surface area contributed by atoms with E-state index in [0.29, 0.717) is 12.2 Å². The Morgan fingerprint density at radius 1 is 0.480 bits per heavy atom. The predicted octanol–water partition coefficient (Wildman–Crippen LogP) is 7.98. The number of hydrogen-bond donors (Lipinski definition) is 0. The van der Waals surface area contributed by atoms with Crippen LogP contribution in [0.3, 0.4) is 0 Å². The van der Waals surface area contributed by atoms with E-state index in [2.05, 4.69) is 69.2 Å². The maximum atomic E-state index is 6.79. The summed E-state index contributed by atoms with van der Waals surface area (Å²) in [5.74, 6) is 4.51. The van der Waals surface area contributed by atoms with Crippen LogP contribution in [-0.2, 0) is 4.74 Å². The van der Waals surface area contributed by atoms with E-state index in [-0.39, 0.29) is 0 Å². The molecule has 152 valence electrons. The standard InChI is InChI=1S/C24H50O/c1-17(2)11-13-23(15-21(9)19(5)6)25-24(14-12-18(3)4)16-22(10)20(7)8/h17-24H,11-16H2,1-10H3. The molecule has 0 rings (SSSR count). The van der Waals surface area contributed by atoms with Gasteiger partial charge in [-0.3, -0.25) is 0 Å². The summed E-state index contributed by atoms with van der Waals surface area (Å²) in [6.07, 6.45) is 8.34. The third-order valence-electron chi connectivity index (χ3n) is 6.06. The molecule has 25 heavy (non-hydrogen) atoms. The van der Waals surface area contributed by atoms with Crippen molar-refractivity contribution in [1.82, 2.24) is 0 Å². The lowest BCUT2D eigenvalue weighted by molar-refractivity contribution is -0.0489. The van der Waals surface area contributed by atoms with Crippen molar-refractivity contribution in [2.45, 2.75) is 120 Å². The van der Waals surface area contributed by atoms with Gasteiger partial charge in [-0.2, -0.15) is 0 Å². The molecule has 1 nitrogen and oxygen atoms in total. The summed E-state index contributed by atoms with van der Waals surface area (Å²) in [7, 11) is 0. The topological polar surface area (TPSA) is 9.23 Å². The van der Waals surface area contributed by atoms with Gasteiger partial charge in [0, 0.05) is 0 Å². The zero-order valence-corrected chi connectivity index (χ0v) is 19.3. The Labute approximate surface area is 160 Å². The molecule has 0 aliphatic carbocycles. The Bertz CT molecular complexity index is 275. The fraction of sp³-hybridized carbons (Fsp3) is 1.00. The Morgan fingerprint density at radius 3 is 1.04 bits per heavy atom. The molecule has 0 bridgehead atoms. The van der Waals surface area contributed by atoms with Gasteiger partial charge >= 0.3 is 0 Å². The Kier molecular flexibility index (Phi) is 13.2. The Balaban J connectivity index is 4.91. The largest absolute Gasteiger partial charge is 0.375 e. The predicted molar refractivity (Wildman–Crippen MR) is 114 cm³/mol. The summed E-state index contributed by atoms with van der Waals surface area (Å²) in [6, 6.07) is 0. The van der Waals surface area contributed by atoms with E-state index >= 15 is 0 Å². The second-order valence-corrected chi connectivity index (χ2v) is 10.2. The fourth-order valence-corrected chi connectivity index (χ4v) is 3.17. The van der Waals surface area contributed by atoms with Gasteiger partial charge in [-0.1, -0.05) is 69.2 Å². The van der Waals surface area contributed by atoms with Crippen molar-refractivity contribution in [2.24, 2.45) is 35.5 Å². The molecule has 0 saturated carbocycles. The molecule has 0 aromatic heterocycles. The Hall–Kier alpha value is -0.0400. The average molecular weight is 355 g/mol. The van der Waals surface area contributed by atoms with Crippen molar-refractivity contribution in [3.63, 3.8) is 0 Å². The third kappa shape index (κ3) is 12.9. The van der Waals surface area contributed by atoms with Crippen LogP contribution in [0.4, 0.5) is 0 Å². The third-order valence-corrected chi connectivity index (χ3v) is 6.06. The molecule has 0 saturated heterocycles. The van der Waals surface area contributed by atoms with Crippen LogP contribution in [0.5, 0.6) is 0 Å². The van der Waals surface area contributed by atoms with Gasteiger partial charge in [-0.15, -0.1) is 0 Å². The highest BCUT2D eigenvalue weighted by molar-refractivity contribution is 4.73. The minimum absolute atomic E-state index is 0.441. The second-order valence-electron chi connectivity index (χ2n) is 10.2. The highest BCUT2D eigenvalue weighted by Gasteiger charge is 2.23. The number of rotatable bonds is 14. The first-order valence-corrected chi connectivity index (χ1v) is 11.2. The van der Waals surface area contributed by atoms with Gasteiger partial charge in [-0.25, -0.2) is 0 Å². The first-order chi connectivity index (χ1) is 11.5. The molecule has 4 atom stereocenters. The summed E-state index contributed by atoms with van der Waals surface area (Å²) >= 11 is 0. The monoisotopic (exact) mass is 354 g/mol. The van der Waals surface area contributed by atoms with Crippen molar-refractivity contribution in [2.75, 3.05) is 0 Å². The van der Waals surface area contributed by atoms with E-state index in [4.69, 9.17) is 4.74 Å². The molecule has 0 fully saturated rings. The minimum Gasteiger partial charge on any atom is -0.375 e. The molecule has 4 unspecified atom stereocenters. The van der Waals surface area contributed by atoms with Crippen LogP contribution in [0.15, 0.2) is 0 Å². The average Bonchev–Trinajstić information content (AvgIpc) is 2.49. The van der Waals surface area contributed by atoms with Crippen LogP contribution in [0.1, 0.15) is 108 Å². The molecule has 0 aromatic rings. The molecule has 0 radical (unpaired) electrons. The fourth-order valence-electron chi connectivity index (χ4n) is 3.17. The zero-order chi connectivity index (χ0) is 19.6. The van der Waals surface area contributed by atoms with E-state index in [1.807, 2.05) is 0 Å². The van der Waals surface area contributed by atoms with Gasteiger partial charge in [0.2, 0.25) is 0 Å². The second kappa shape index (κ2) is 13.2. The number of hydrogen-bond acceptors (Lipinski definition) is 1. The van der Waals surface area contributed by atoms with Crippen LogP contribution in [0.2, 0.25) is 0 Å². The molecule has 0 spiro atoms. The molecule has 0 N–H and O–H groups in total. The molecular formula is C24H50O. The molecule has 0 aliphatic rings. The lowest BCUT2D eigenvalue weighted by atomic mass is 9.88. The summed E-state index contributed by atoms with van der Waals surface area (Å²) in [6.45, 7) is 23.5. The lowest BCUT2D eigenvalue weighted by Gasteiger charge is -2.31. The highest BCUT2D eigenvalue weighted by atomic mass is 16.5. The summed E-state index contributed by atoms with van der Waals surface area (Å²) in [5, 5.41) is 0. The molecule has 0 aliphatic heterocycles. The van der Waals surface area contributed by atoms with Crippen LogP contribution in [-0.4, -0.2) is 12.2 Å². The maximum Gasteiger partial charge on any atom is 0.0581 e. The quantitative estimate of drug-likeness (QED) is 0.307. The molecule has 0 aromatic carbocycles. The molecule has 0 amide bonds. The van der Waals surface area contributed by atoms with E-state index in [1.165, 1.54) is 38.5 Å². The van der Waals surface area contributed by atoms with E-state index < -0.39 is 0 Å².